The Morgan fingerprint density at radius 2 is 1.54 bits per heavy atom. The molecule has 2 aromatic rings. The molecule has 0 aliphatic heterocycles. The smallest absolute Gasteiger partial charge is 0.170 e. The van der Waals surface area contributed by atoms with E-state index in [1.807, 2.05) is 0 Å². The number of aliphatic hydroxyl groups is 1. The zero-order valence-electron chi connectivity index (χ0n) is 16.8. The lowest BCUT2D eigenvalue weighted by atomic mass is 10.1. The normalized spacial score (nSPS) is 12.2. The summed E-state index contributed by atoms with van der Waals surface area (Å²) < 4.78 is 33.9. The van der Waals surface area contributed by atoms with Gasteiger partial charge in [-0.05, 0) is 19.4 Å². The molecule has 4 nitrogen and oxygen atoms in total. The number of halogens is 2. The molecule has 0 amide bonds. The van der Waals surface area contributed by atoms with Crippen LogP contribution in [0, 0.1) is 11.6 Å². The number of hydrogen-bond acceptors (Lipinski definition) is 4. The Labute approximate surface area is 166 Å². The average Bonchev–Trinajstić information content (AvgIpc) is 2.69. The summed E-state index contributed by atoms with van der Waals surface area (Å²) in [7, 11) is 0. The van der Waals surface area contributed by atoms with Gasteiger partial charge >= 0.3 is 0 Å². The molecule has 1 heterocycles. The van der Waals surface area contributed by atoms with Crippen molar-refractivity contribution in [1.82, 2.24) is 9.97 Å². The molecule has 1 atom stereocenters. The van der Waals surface area contributed by atoms with Crippen molar-refractivity contribution in [3.63, 3.8) is 0 Å². The van der Waals surface area contributed by atoms with Crippen LogP contribution in [-0.2, 0) is 0 Å². The molecule has 0 spiro atoms. The molecule has 154 valence electrons. The van der Waals surface area contributed by atoms with Gasteiger partial charge in [0.25, 0.3) is 0 Å². The zero-order chi connectivity index (χ0) is 20.4. The number of benzene rings is 1. The maximum absolute atomic E-state index is 14.2. The van der Waals surface area contributed by atoms with Gasteiger partial charge in [0.1, 0.15) is 0 Å². The molecule has 0 radical (unpaired) electrons. The number of unbranched alkanes of at least 4 members (excludes halogenated alkanes) is 7. The molecule has 0 fully saturated rings. The second kappa shape index (κ2) is 11.7. The minimum absolute atomic E-state index is 0.0449. The van der Waals surface area contributed by atoms with Crippen LogP contribution < -0.4 is 4.74 Å². The summed E-state index contributed by atoms with van der Waals surface area (Å²) >= 11 is 0. The molecule has 0 saturated heterocycles. The summed E-state index contributed by atoms with van der Waals surface area (Å²) in [4.78, 5) is 8.15. The molecule has 0 aliphatic carbocycles. The number of ether oxygens (including phenoxy) is 1. The number of nitrogens with zero attached hydrogens (tertiary/aromatic N) is 2. The summed E-state index contributed by atoms with van der Waals surface area (Å²) in [6.07, 6.45) is 11.6. The third-order valence-corrected chi connectivity index (χ3v) is 4.70. The van der Waals surface area contributed by atoms with Gasteiger partial charge in [-0.25, -0.2) is 18.7 Å². The molecule has 0 unspecified atom stereocenters. The second-order valence-corrected chi connectivity index (χ2v) is 7.07. The standard InChI is InChI=1S/C22H30F2N2O2/c1-3-4-5-6-7-8-9-10-13-28-17-14-25-22(26-15-17)19-12-11-18(16(2)27)20(23)21(19)24/h11-12,14-16,27H,3-10,13H2,1-2H3/t16-/m1/s1. The van der Waals surface area contributed by atoms with E-state index in [1.165, 1.54) is 70.0 Å². The predicted octanol–water partition coefficient (Wildman–Crippen LogP) is 5.99. The molecular formula is C22H30F2N2O2. The number of hydrogen-bond donors (Lipinski definition) is 1. The van der Waals surface area contributed by atoms with Crippen molar-refractivity contribution in [2.45, 2.75) is 71.3 Å². The Bertz CT molecular complexity index is 721. The molecule has 0 saturated carbocycles. The van der Waals surface area contributed by atoms with Crippen molar-refractivity contribution in [2.75, 3.05) is 6.61 Å². The third kappa shape index (κ3) is 6.51. The molecule has 0 bridgehead atoms. The Kier molecular flexibility index (Phi) is 9.28. The maximum atomic E-state index is 14.2. The first-order valence-electron chi connectivity index (χ1n) is 10.2. The van der Waals surface area contributed by atoms with Gasteiger partial charge in [0.15, 0.2) is 23.2 Å². The lowest BCUT2D eigenvalue weighted by molar-refractivity contribution is 0.193. The summed E-state index contributed by atoms with van der Waals surface area (Å²) in [5, 5.41) is 9.46. The molecule has 28 heavy (non-hydrogen) atoms. The highest BCUT2D eigenvalue weighted by Crippen LogP contribution is 2.27. The number of rotatable bonds is 12. The molecule has 1 aromatic carbocycles. The van der Waals surface area contributed by atoms with Crippen LogP contribution in [0.1, 0.15) is 76.9 Å². The fourth-order valence-electron chi connectivity index (χ4n) is 3.02. The van der Waals surface area contributed by atoms with Crippen LogP contribution in [0.25, 0.3) is 11.4 Å². The van der Waals surface area contributed by atoms with Crippen molar-refractivity contribution in [1.29, 1.82) is 0 Å². The van der Waals surface area contributed by atoms with E-state index < -0.39 is 17.7 Å². The van der Waals surface area contributed by atoms with Gasteiger partial charge < -0.3 is 9.84 Å². The number of aliphatic hydroxyl groups excluding tert-OH is 1. The van der Waals surface area contributed by atoms with Gasteiger partial charge in [-0.2, -0.15) is 0 Å². The second-order valence-electron chi connectivity index (χ2n) is 7.07. The average molecular weight is 392 g/mol. The maximum Gasteiger partial charge on any atom is 0.170 e. The lowest BCUT2D eigenvalue weighted by Gasteiger charge is -2.10. The Balaban J connectivity index is 1.80. The summed E-state index contributed by atoms with van der Waals surface area (Å²) in [6.45, 7) is 4.19. The van der Waals surface area contributed by atoms with E-state index in [0.29, 0.717) is 12.4 Å². The zero-order valence-corrected chi connectivity index (χ0v) is 16.8. The third-order valence-electron chi connectivity index (χ3n) is 4.70. The fourth-order valence-corrected chi connectivity index (χ4v) is 3.02. The van der Waals surface area contributed by atoms with Crippen LogP contribution in [0.15, 0.2) is 24.5 Å². The van der Waals surface area contributed by atoms with Gasteiger partial charge in [-0.15, -0.1) is 0 Å². The van der Waals surface area contributed by atoms with E-state index in [4.69, 9.17) is 4.74 Å². The first kappa shape index (κ1) is 22.2. The number of aromatic nitrogens is 2. The minimum atomic E-state index is -1.09. The van der Waals surface area contributed by atoms with Gasteiger partial charge in [0.2, 0.25) is 0 Å². The van der Waals surface area contributed by atoms with E-state index in [9.17, 15) is 13.9 Å². The van der Waals surface area contributed by atoms with E-state index in [-0.39, 0.29) is 17.0 Å². The highest BCUT2D eigenvalue weighted by atomic mass is 19.2. The molecule has 2 rings (SSSR count). The van der Waals surface area contributed by atoms with Crippen LogP contribution in [0.3, 0.4) is 0 Å². The molecular weight excluding hydrogens is 362 g/mol. The first-order valence-corrected chi connectivity index (χ1v) is 10.2. The van der Waals surface area contributed by atoms with Crippen LogP contribution >= 0.6 is 0 Å². The van der Waals surface area contributed by atoms with E-state index in [1.54, 1.807) is 0 Å². The topological polar surface area (TPSA) is 55.2 Å². The largest absolute Gasteiger partial charge is 0.490 e. The van der Waals surface area contributed by atoms with Crippen molar-refractivity contribution in [2.24, 2.45) is 0 Å². The van der Waals surface area contributed by atoms with Gasteiger partial charge in [-0.1, -0.05) is 57.9 Å². The van der Waals surface area contributed by atoms with Crippen molar-refractivity contribution < 1.29 is 18.6 Å². The summed E-state index contributed by atoms with van der Waals surface area (Å²) in [6, 6.07) is 2.71. The van der Waals surface area contributed by atoms with Crippen LogP contribution in [0.5, 0.6) is 5.75 Å². The summed E-state index contributed by atoms with van der Waals surface area (Å²) in [5.74, 6) is -1.56. The van der Waals surface area contributed by atoms with E-state index in [0.717, 1.165) is 12.8 Å². The minimum Gasteiger partial charge on any atom is -0.490 e. The van der Waals surface area contributed by atoms with Crippen LogP contribution in [0.2, 0.25) is 0 Å². The van der Waals surface area contributed by atoms with Gasteiger partial charge in [0, 0.05) is 5.56 Å². The highest BCUT2D eigenvalue weighted by Gasteiger charge is 2.18. The van der Waals surface area contributed by atoms with Crippen molar-refractivity contribution >= 4 is 0 Å². The van der Waals surface area contributed by atoms with Crippen molar-refractivity contribution in [3.05, 3.63) is 41.7 Å². The molecule has 0 aliphatic rings. The van der Waals surface area contributed by atoms with E-state index >= 15 is 0 Å². The quantitative estimate of drug-likeness (QED) is 0.451. The van der Waals surface area contributed by atoms with Gasteiger partial charge in [0.05, 0.1) is 30.7 Å². The van der Waals surface area contributed by atoms with E-state index in [2.05, 4.69) is 16.9 Å². The molecule has 1 N–H and O–H groups in total. The van der Waals surface area contributed by atoms with Crippen LogP contribution in [-0.4, -0.2) is 21.7 Å². The highest BCUT2D eigenvalue weighted by molar-refractivity contribution is 5.57. The Hall–Kier alpha value is -2.08. The SMILES string of the molecule is CCCCCCCCCCOc1cnc(-c2ccc([C@@H](C)O)c(F)c2F)nc1. The molecule has 1 aromatic heterocycles. The first-order chi connectivity index (χ1) is 13.5. The molecule has 6 heteroatoms. The lowest BCUT2D eigenvalue weighted by Crippen LogP contribution is -2.03. The summed E-state index contributed by atoms with van der Waals surface area (Å²) in [5.41, 5.74) is -0.136. The fraction of sp³-hybridized carbons (Fsp3) is 0.545. The Morgan fingerprint density at radius 3 is 2.14 bits per heavy atom. The van der Waals surface area contributed by atoms with Gasteiger partial charge in [-0.3, -0.25) is 0 Å². The monoisotopic (exact) mass is 392 g/mol. The van der Waals surface area contributed by atoms with Crippen molar-refractivity contribution in [3.8, 4) is 17.1 Å². The van der Waals surface area contributed by atoms with Crippen LogP contribution in [0.4, 0.5) is 8.78 Å². The predicted molar refractivity (Wildman–Crippen MR) is 106 cm³/mol. The Morgan fingerprint density at radius 1 is 0.929 bits per heavy atom.